The van der Waals surface area contributed by atoms with E-state index in [1.807, 2.05) is 35.1 Å². The fourth-order valence-corrected chi connectivity index (χ4v) is 2.23. The molecule has 16 heavy (non-hydrogen) atoms. The Morgan fingerprint density at radius 1 is 1.19 bits per heavy atom. The quantitative estimate of drug-likeness (QED) is 0.722. The zero-order chi connectivity index (χ0) is 11.0. The molecule has 1 heterocycles. The molecule has 3 nitrogen and oxygen atoms in total. The molecule has 1 aliphatic rings. The summed E-state index contributed by atoms with van der Waals surface area (Å²) < 4.78 is 1.99. The first-order chi connectivity index (χ1) is 7.88. The van der Waals surface area contributed by atoms with Crippen LogP contribution in [-0.4, -0.2) is 9.78 Å². The number of hydrogen-bond acceptors (Lipinski definition) is 2. The van der Waals surface area contributed by atoms with Crippen molar-refractivity contribution in [3.8, 4) is 11.8 Å². The van der Waals surface area contributed by atoms with Gasteiger partial charge in [-0.1, -0.05) is 0 Å². The molecule has 0 atom stereocenters. The SMILES string of the molecule is N#Cc1ccc(-n2ncc3c2CCC3)cc1. The molecule has 1 aromatic heterocycles. The predicted octanol–water partition coefficient (Wildman–Crippen LogP) is 2.23. The third kappa shape index (κ3) is 1.31. The average molecular weight is 209 g/mol. The van der Waals surface area contributed by atoms with Crippen LogP contribution in [0.4, 0.5) is 0 Å². The molecule has 0 saturated heterocycles. The lowest BCUT2D eigenvalue weighted by atomic mass is 10.2. The van der Waals surface area contributed by atoms with Crippen LogP contribution in [0.15, 0.2) is 30.5 Å². The molecule has 0 N–H and O–H groups in total. The lowest BCUT2D eigenvalue weighted by Gasteiger charge is -2.04. The fourth-order valence-electron chi connectivity index (χ4n) is 2.23. The van der Waals surface area contributed by atoms with Gasteiger partial charge in [-0.25, -0.2) is 4.68 Å². The first-order valence-corrected chi connectivity index (χ1v) is 5.45. The summed E-state index contributed by atoms with van der Waals surface area (Å²) in [6.07, 6.45) is 5.44. The summed E-state index contributed by atoms with van der Waals surface area (Å²) in [5.74, 6) is 0. The summed E-state index contributed by atoms with van der Waals surface area (Å²) in [7, 11) is 0. The van der Waals surface area contributed by atoms with E-state index in [1.54, 1.807) is 0 Å². The summed E-state index contributed by atoms with van der Waals surface area (Å²) in [6, 6.07) is 9.68. The topological polar surface area (TPSA) is 41.6 Å². The number of nitrogens with zero attached hydrogens (tertiary/aromatic N) is 3. The molecule has 0 unspecified atom stereocenters. The van der Waals surface area contributed by atoms with Crippen LogP contribution in [0.5, 0.6) is 0 Å². The molecule has 1 aliphatic carbocycles. The van der Waals surface area contributed by atoms with Gasteiger partial charge in [0.15, 0.2) is 0 Å². The number of aromatic nitrogens is 2. The van der Waals surface area contributed by atoms with Crippen molar-refractivity contribution >= 4 is 0 Å². The molecule has 0 spiro atoms. The van der Waals surface area contributed by atoms with Gasteiger partial charge in [-0.3, -0.25) is 0 Å². The van der Waals surface area contributed by atoms with E-state index < -0.39 is 0 Å². The Balaban J connectivity index is 2.06. The van der Waals surface area contributed by atoms with Crippen LogP contribution < -0.4 is 0 Å². The Bertz CT molecular complexity index is 558. The van der Waals surface area contributed by atoms with Gasteiger partial charge in [-0.05, 0) is 49.1 Å². The summed E-state index contributed by atoms with van der Waals surface area (Å²) in [5, 5.41) is 13.1. The largest absolute Gasteiger partial charge is 0.238 e. The third-order valence-electron chi connectivity index (χ3n) is 3.06. The minimum atomic E-state index is 0.688. The molecule has 0 aliphatic heterocycles. The number of benzene rings is 1. The number of rotatable bonds is 1. The molecule has 3 rings (SSSR count). The first kappa shape index (κ1) is 9.17. The van der Waals surface area contributed by atoms with E-state index in [0.29, 0.717) is 5.56 Å². The van der Waals surface area contributed by atoms with Crippen molar-refractivity contribution < 1.29 is 0 Å². The minimum absolute atomic E-state index is 0.688. The Morgan fingerprint density at radius 3 is 2.75 bits per heavy atom. The van der Waals surface area contributed by atoms with Crippen LogP contribution >= 0.6 is 0 Å². The molecule has 0 radical (unpaired) electrons. The molecule has 0 amide bonds. The van der Waals surface area contributed by atoms with E-state index in [-0.39, 0.29) is 0 Å². The van der Waals surface area contributed by atoms with Crippen LogP contribution in [0.1, 0.15) is 23.2 Å². The summed E-state index contributed by atoms with van der Waals surface area (Å²) in [6.45, 7) is 0. The van der Waals surface area contributed by atoms with Gasteiger partial charge in [-0.2, -0.15) is 10.4 Å². The zero-order valence-electron chi connectivity index (χ0n) is 8.85. The monoisotopic (exact) mass is 209 g/mol. The van der Waals surface area contributed by atoms with Crippen LogP contribution in [0.2, 0.25) is 0 Å². The number of hydrogen-bond donors (Lipinski definition) is 0. The Morgan fingerprint density at radius 2 is 2.00 bits per heavy atom. The van der Waals surface area contributed by atoms with E-state index in [0.717, 1.165) is 18.5 Å². The lowest BCUT2D eigenvalue weighted by molar-refractivity contribution is 0.784. The highest BCUT2D eigenvalue weighted by Gasteiger charge is 2.17. The Kier molecular flexibility index (Phi) is 2.00. The smallest absolute Gasteiger partial charge is 0.0991 e. The standard InChI is InChI=1S/C13H11N3/c14-8-10-4-6-12(7-5-10)16-13-3-1-2-11(13)9-15-16/h4-7,9H,1-3H2. The maximum absolute atomic E-state index is 8.74. The molecule has 2 aromatic rings. The first-order valence-electron chi connectivity index (χ1n) is 5.45. The van der Waals surface area contributed by atoms with E-state index in [2.05, 4.69) is 11.2 Å². The second-order valence-electron chi connectivity index (χ2n) is 4.04. The fraction of sp³-hybridized carbons (Fsp3) is 0.231. The summed E-state index contributed by atoms with van der Waals surface area (Å²) in [5.41, 5.74) is 4.42. The van der Waals surface area contributed by atoms with Crippen LogP contribution in [0.3, 0.4) is 0 Å². The van der Waals surface area contributed by atoms with Gasteiger partial charge in [0.25, 0.3) is 0 Å². The van der Waals surface area contributed by atoms with E-state index in [9.17, 15) is 0 Å². The van der Waals surface area contributed by atoms with Crippen molar-refractivity contribution in [1.29, 1.82) is 5.26 Å². The van der Waals surface area contributed by atoms with Crippen molar-refractivity contribution in [3.05, 3.63) is 47.3 Å². The molecule has 0 saturated carbocycles. The molecular weight excluding hydrogens is 198 g/mol. The zero-order valence-corrected chi connectivity index (χ0v) is 8.85. The maximum atomic E-state index is 8.74. The maximum Gasteiger partial charge on any atom is 0.0991 e. The molecule has 78 valence electrons. The Hall–Kier alpha value is -2.08. The van der Waals surface area contributed by atoms with Gasteiger partial charge >= 0.3 is 0 Å². The highest BCUT2D eigenvalue weighted by molar-refractivity contribution is 5.41. The van der Waals surface area contributed by atoms with Gasteiger partial charge in [0.05, 0.1) is 23.5 Å². The van der Waals surface area contributed by atoms with Crippen molar-refractivity contribution in [2.24, 2.45) is 0 Å². The lowest BCUT2D eigenvalue weighted by Crippen LogP contribution is -2.00. The second kappa shape index (κ2) is 3.49. The van der Waals surface area contributed by atoms with Crippen molar-refractivity contribution in [2.45, 2.75) is 19.3 Å². The minimum Gasteiger partial charge on any atom is -0.238 e. The third-order valence-corrected chi connectivity index (χ3v) is 3.06. The molecular formula is C13H11N3. The van der Waals surface area contributed by atoms with Gasteiger partial charge in [-0.15, -0.1) is 0 Å². The van der Waals surface area contributed by atoms with Gasteiger partial charge in [0.2, 0.25) is 0 Å². The summed E-state index contributed by atoms with van der Waals surface area (Å²) in [4.78, 5) is 0. The van der Waals surface area contributed by atoms with Crippen molar-refractivity contribution in [1.82, 2.24) is 9.78 Å². The average Bonchev–Trinajstić information content (AvgIpc) is 2.91. The van der Waals surface area contributed by atoms with Gasteiger partial charge in [0, 0.05) is 5.69 Å². The van der Waals surface area contributed by atoms with Gasteiger partial charge < -0.3 is 0 Å². The number of fused-ring (bicyclic) bond motifs is 1. The highest BCUT2D eigenvalue weighted by Crippen LogP contribution is 2.24. The highest BCUT2D eigenvalue weighted by atomic mass is 15.3. The molecule has 0 bridgehead atoms. The number of nitriles is 1. The summed E-state index contributed by atoms with van der Waals surface area (Å²) >= 11 is 0. The van der Waals surface area contributed by atoms with Crippen molar-refractivity contribution in [3.63, 3.8) is 0 Å². The van der Waals surface area contributed by atoms with Crippen molar-refractivity contribution in [2.75, 3.05) is 0 Å². The van der Waals surface area contributed by atoms with E-state index in [4.69, 9.17) is 5.26 Å². The normalized spacial score (nSPS) is 13.4. The van der Waals surface area contributed by atoms with Crippen LogP contribution in [0.25, 0.3) is 5.69 Å². The molecule has 0 fully saturated rings. The van der Waals surface area contributed by atoms with Crippen LogP contribution in [0, 0.1) is 11.3 Å². The predicted molar refractivity (Wildman–Crippen MR) is 60.3 cm³/mol. The molecule has 1 aromatic carbocycles. The van der Waals surface area contributed by atoms with E-state index in [1.165, 1.54) is 17.7 Å². The van der Waals surface area contributed by atoms with Crippen LogP contribution in [-0.2, 0) is 12.8 Å². The second-order valence-corrected chi connectivity index (χ2v) is 4.04. The number of aryl methyl sites for hydroxylation is 1. The molecule has 3 heteroatoms. The Labute approximate surface area is 93.9 Å². The van der Waals surface area contributed by atoms with E-state index >= 15 is 0 Å². The van der Waals surface area contributed by atoms with Gasteiger partial charge in [0.1, 0.15) is 0 Å².